The number of halogens is 1. The normalized spacial score (nSPS) is 10.7. The molecule has 0 N–H and O–H groups in total. The lowest BCUT2D eigenvalue weighted by molar-refractivity contribution is 1.07. The molecule has 0 amide bonds. The van der Waals surface area contributed by atoms with Crippen molar-refractivity contribution in [2.75, 3.05) is 0 Å². The molecule has 0 aliphatic heterocycles. The minimum atomic E-state index is 0.630. The second-order valence-corrected chi connectivity index (χ2v) is 5.22. The van der Waals surface area contributed by atoms with Crippen LogP contribution in [0.25, 0.3) is 16.7 Å². The summed E-state index contributed by atoms with van der Waals surface area (Å²) in [6, 6.07) is 11.8. The molecule has 0 unspecified atom stereocenters. The lowest BCUT2D eigenvalue weighted by Crippen LogP contribution is -1.95. The molecule has 0 fully saturated rings. The highest BCUT2D eigenvalue weighted by Crippen LogP contribution is 2.27. The van der Waals surface area contributed by atoms with Gasteiger partial charge in [0.15, 0.2) is 0 Å². The summed E-state index contributed by atoms with van der Waals surface area (Å²) in [5.41, 5.74) is 4.32. The van der Waals surface area contributed by atoms with Crippen LogP contribution in [0, 0.1) is 25.2 Å². The van der Waals surface area contributed by atoms with Crippen LogP contribution in [-0.2, 0) is 0 Å². The van der Waals surface area contributed by atoms with Gasteiger partial charge >= 0.3 is 0 Å². The molecular weight excluding hydrogens is 270 g/mol. The van der Waals surface area contributed by atoms with Crippen LogP contribution < -0.4 is 0 Å². The molecule has 4 heteroatoms. The second-order valence-electron chi connectivity index (χ2n) is 4.78. The Bertz CT molecular complexity index is 856. The van der Waals surface area contributed by atoms with Crippen LogP contribution in [0.2, 0.25) is 5.02 Å². The molecule has 2 aromatic heterocycles. The Morgan fingerprint density at radius 3 is 2.75 bits per heavy atom. The van der Waals surface area contributed by atoms with E-state index in [9.17, 15) is 5.26 Å². The lowest BCUT2D eigenvalue weighted by atomic mass is 10.1. The van der Waals surface area contributed by atoms with Gasteiger partial charge in [0.25, 0.3) is 0 Å². The number of pyridine rings is 1. The Labute approximate surface area is 122 Å². The number of hydrogen-bond donors (Lipinski definition) is 0. The predicted molar refractivity (Wildman–Crippen MR) is 80.3 cm³/mol. The summed E-state index contributed by atoms with van der Waals surface area (Å²) in [6.45, 7) is 3.95. The standard InChI is InChI=1S/C16H12ClN3/c1-10-6-11(2)19-16-15(10)12(8-18)9-20(16)14-5-3-4-13(17)7-14/h3-7,9H,1-2H3. The average Bonchev–Trinajstić information content (AvgIpc) is 2.77. The van der Waals surface area contributed by atoms with Gasteiger partial charge in [-0.05, 0) is 43.7 Å². The topological polar surface area (TPSA) is 41.6 Å². The van der Waals surface area contributed by atoms with Gasteiger partial charge in [0.1, 0.15) is 11.7 Å². The maximum Gasteiger partial charge on any atom is 0.146 e. The third-order valence-electron chi connectivity index (χ3n) is 3.29. The van der Waals surface area contributed by atoms with E-state index in [0.717, 1.165) is 28.0 Å². The first kappa shape index (κ1) is 12.7. The first-order valence-electron chi connectivity index (χ1n) is 6.25. The molecule has 0 atom stereocenters. The Kier molecular flexibility index (Phi) is 2.96. The van der Waals surface area contributed by atoms with Crippen LogP contribution in [0.3, 0.4) is 0 Å². The largest absolute Gasteiger partial charge is 0.300 e. The van der Waals surface area contributed by atoms with Crippen molar-refractivity contribution in [1.29, 1.82) is 5.26 Å². The molecule has 0 aliphatic rings. The smallest absolute Gasteiger partial charge is 0.146 e. The van der Waals surface area contributed by atoms with Crippen molar-refractivity contribution in [1.82, 2.24) is 9.55 Å². The first-order chi connectivity index (χ1) is 9.60. The Morgan fingerprint density at radius 2 is 2.05 bits per heavy atom. The maximum absolute atomic E-state index is 9.33. The lowest BCUT2D eigenvalue weighted by Gasteiger charge is -2.06. The minimum Gasteiger partial charge on any atom is -0.300 e. The molecule has 3 rings (SSSR count). The number of benzene rings is 1. The monoisotopic (exact) mass is 281 g/mol. The quantitative estimate of drug-likeness (QED) is 0.672. The second kappa shape index (κ2) is 4.66. The molecule has 0 radical (unpaired) electrons. The fourth-order valence-electron chi connectivity index (χ4n) is 2.49. The van der Waals surface area contributed by atoms with E-state index in [-0.39, 0.29) is 0 Å². The van der Waals surface area contributed by atoms with Gasteiger partial charge in [0.05, 0.1) is 5.56 Å². The zero-order valence-electron chi connectivity index (χ0n) is 11.2. The van der Waals surface area contributed by atoms with Crippen molar-refractivity contribution in [2.45, 2.75) is 13.8 Å². The summed E-state index contributed by atoms with van der Waals surface area (Å²) in [7, 11) is 0. The van der Waals surface area contributed by atoms with E-state index in [1.54, 1.807) is 0 Å². The number of nitriles is 1. The molecule has 20 heavy (non-hydrogen) atoms. The molecule has 0 spiro atoms. The number of aryl methyl sites for hydroxylation is 2. The molecule has 0 aliphatic carbocycles. The molecule has 2 heterocycles. The maximum atomic E-state index is 9.33. The van der Waals surface area contributed by atoms with Crippen LogP contribution in [-0.4, -0.2) is 9.55 Å². The molecule has 3 aromatic rings. The summed E-state index contributed by atoms with van der Waals surface area (Å²) < 4.78 is 1.92. The van der Waals surface area contributed by atoms with Crippen molar-refractivity contribution < 1.29 is 0 Å². The highest BCUT2D eigenvalue weighted by Gasteiger charge is 2.13. The summed E-state index contributed by atoms with van der Waals surface area (Å²) in [6.07, 6.45) is 1.82. The van der Waals surface area contributed by atoms with Gasteiger partial charge < -0.3 is 0 Å². The highest BCUT2D eigenvalue weighted by molar-refractivity contribution is 6.30. The van der Waals surface area contributed by atoms with Gasteiger partial charge in [-0.15, -0.1) is 0 Å². The van der Waals surface area contributed by atoms with Crippen LogP contribution >= 0.6 is 11.6 Å². The van der Waals surface area contributed by atoms with Crippen LogP contribution in [0.4, 0.5) is 0 Å². The van der Waals surface area contributed by atoms with Gasteiger partial charge in [-0.2, -0.15) is 5.26 Å². The van der Waals surface area contributed by atoms with E-state index in [2.05, 4.69) is 11.1 Å². The predicted octanol–water partition coefficient (Wildman–Crippen LogP) is 4.17. The van der Waals surface area contributed by atoms with Crippen molar-refractivity contribution in [3.8, 4) is 11.8 Å². The molecule has 3 nitrogen and oxygen atoms in total. The fraction of sp³-hybridized carbons (Fsp3) is 0.125. The average molecular weight is 282 g/mol. The number of fused-ring (bicyclic) bond motifs is 1. The third kappa shape index (κ3) is 1.95. The van der Waals surface area contributed by atoms with E-state index >= 15 is 0 Å². The van der Waals surface area contributed by atoms with E-state index in [1.165, 1.54) is 0 Å². The van der Waals surface area contributed by atoms with Gasteiger partial charge in [-0.25, -0.2) is 4.98 Å². The highest BCUT2D eigenvalue weighted by atomic mass is 35.5. The number of aromatic nitrogens is 2. The van der Waals surface area contributed by atoms with E-state index in [1.807, 2.05) is 54.9 Å². The fourth-order valence-corrected chi connectivity index (χ4v) is 2.67. The van der Waals surface area contributed by atoms with Crippen molar-refractivity contribution in [3.05, 3.63) is 58.4 Å². The van der Waals surface area contributed by atoms with Crippen LogP contribution in [0.5, 0.6) is 0 Å². The summed E-state index contributed by atoms with van der Waals surface area (Å²) in [5.74, 6) is 0. The zero-order chi connectivity index (χ0) is 14.3. The number of hydrogen-bond acceptors (Lipinski definition) is 2. The Hall–Kier alpha value is -2.31. The molecular formula is C16H12ClN3. The summed E-state index contributed by atoms with van der Waals surface area (Å²) in [5, 5.41) is 10.9. The summed E-state index contributed by atoms with van der Waals surface area (Å²) in [4.78, 5) is 4.58. The van der Waals surface area contributed by atoms with Gasteiger partial charge in [-0.3, -0.25) is 4.57 Å². The SMILES string of the molecule is Cc1cc(C)c2c(C#N)cn(-c3cccc(Cl)c3)c2n1. The van der Waals surface area contributed by atoms with Gasteiger partial charge in [-0.1, -0.05) is 17.7 Å². The van der Waals surface area contributed by atoms with Crippen molar-refractivity contribution in [2.24, 2.45) is 0 Å². The molecule has 98 valence electrons. The molecule has 1 aromatic carbocycles. The van der Waals surface area contributed by atoms with Crippen LogP contribution in [0.15, 0.2) is 36.5 Å². The van der Waals surface area contributed by atoms with Crippen molar-refractivity contribution >= 4 is 22.6 Å². The number of nitrogens with zero attached hydrogens (tertiary/aromatic N) is 3. The van der Waals surface area contributed by atoms with E-state index < -0.39 is 0 Å². The third-order valence-corrected chi connectivity index (χ3v) is 3.52. The Balaban J connectivity index is 2.40. The van der Waals surface area contributed by atoms with Crippen LogP contribution in [0.1, 0.15) is 16.8 Å². The van der Waals surface area contributed by atoms with E-state index in [4.69, 9.17) is 11.6 Å². The number of rotatable bonds is 1. The minimum absolute atomic E-state index is 0.630. The Morgan fingerprint density at radius 1 is 1.25 bits per heavy atom. The van der Waals surface area contributed by atoms with Gasteiger partial charge in [0.2, 0.25) is 0 Å². The summed E-state index contributed by atoms with van der Waals surface area (Å²) >= 11 is 6.05. The molecule has 0 saturated heterocycles. The van der Waals surface area contributed by atoms with E-state index in [0.29, 0.717) is 10.6 Å². The molecule has 0 bridgehead atoms. The first-order valence-corrected chi connectivity index (χ1v) is 6.63. The van der Waals surface area contributed by atoms with Gasteiger partial charge in [0, 0.05) is 28.0 Å². The van der Waals surface area contributed by atoms with Crippen molar-refractivity contribution in [3.63, 3.8) is 0 Å². The zero-order valence-corrected chi connectivity index (χ0v) is 11.9. The molecule has 0 saturated carbocycles.